The third kappa shape index (κ3) is 4.44. The molecule has 4 rings (SSSR count). The number of ketones is 1. The van der Waals surface area contributed by atoms with Crippen molar-refractivity contribution in [2.75, 3.05) is 5.32 Å². The Balaban J connectivity index is 1.60. The molecule has 0 spiro atoms. The number of halogens is 3. The topological polar surface area (TPSA) is 92.8 Å². The van der Waals surface area contributed by atoms with E-state index in [0.717, 1.165) is 16.9 Å². The molecule has 4 aromatic rings. The van der Waals surface area contributed by atoms with Crippen LogP contribution in [0.25, 0.3) is 21.3 Å². The second-order valence-electron chi connectivity index (χ2n) is 6.60. The molecule has 0 atom stereocenters. The molecule has 0 unspecified atom stereocenters. The molecule has 0 aliphatic carbocycles. The van der Waals surface area contributed by atoms with Crippen molar-refractivity contribution in [1.82, 2.24) is 14.5 Å². The van der Waals surface area contributed by atoms with Gasteiger partial charge in [0.2, 0.25) is 5.95 Å². The number of benzene rings is 2. The van der Waals surface area contributed by atoms with Gasteiger partial charge in [-0.05, 0) is 30.3 Å². The third-order valence-corrected chi connectivity index (χ3v) is 5.41. The number of fused-ring (bicyclic) bond motifs is 2. The quantitative estimate of drug-likeness (QED) is 0.404. The van der Waals surface area contributed by atoms with E-state index in [1.165, 1.54) is 18.2 Å². The monoisotopic (exact) mass is 445 g/mol. The second kappa shape index (κ2) is 7.88. The molecule has 0 fully saturated rings. The normalized spacial score (nSPS) is 11.6. The molecular weight excluding hydrogens is 431 g/mol. The number of imidazole rings is 1. The average molecular weight is 445 g/mol. The largest absolute Gasteiger partial charge is 0.573 e. The van der Waals surface area contributed by atoms with Crippen molar-refractivity contribution in [1.29, 1.82) is 5.26 Å². The van der Waals surface area contributed by atoms with Gasteiger partial charge in [0, 0.05) is 31.5 Å². The number of rotatable bonds is 6. The van der Waals surface area contributed by atoms with Crippen molar-refractivity contribution >= 4 is 49.4 Å². The summed E-state index contributed by atoms with van der Waals surface area (Å²) in [6, 6.07) is 11.0. The minimum atomic E-state index is -4.76. The van der Waals surface area contributed by atoms with Crippen LogP contribution in [0.4, 0.5) is 24.3 Å². The molecule has 2 heterocycles. The van der Waals surface area contributed by atoms with Gasteiger partial charge in [0.15, 0.2) is 10.9 Å². The first-order valence-electron chi connectivity index (χ1n) is 9.03. The van der Waals surface area contributed by atoms with E-state index in [9.17, 15) is 18.0 Å². The number of nitrogens with one attached hydrogen (secondary N) is 1. The van der Waals surface area contributed by atoms with Crippen LogP contribution >= 0.6 is 11.3 Å². The van der Waals surface area contributed by atoms with E-state index in [-0.39, 0.29) is 24.4 Å². The minimum absolute atomic E-state index is 0.133. The molecule has 0 bridgehead atoms. The summed E-state index contributed by atoms with van der Waals surface area (Å²) in [6.45, 7) is 0. The third-order valence-electron chi connectivity index (χ3n) is 4.48. The first-order chi connectivity index (χ1) is 14.7. The predicted molar refractivity (Wildman–Crippen MR) is 109 cm³/mol. The number of hydrogen-bond acceptors (Lipinski definition) is 7. The summed E-state index contributed by atoms with van der Waals surface area (Å²) >= 11 is 1.16. The Bertz CT molecular complexity index is 1340. The standard InChI is InChI=1S/C20H14F3N5O2S/c1-28-15-7-4-11(16(29)3-2-8-24)9-14(15)25-18(28)27-19-26-13-6-5-12(10-17(13)31-19)30-20(21,22)23/h4-7,9-10H,2-3H2,1H3,(H,25,26,27). The number of aromatic nitrogens is 3. The van der Waals surface area contributed by atoms with Gasteiger partial charge in [-0.1, -0.05) is 11.3 Å². The molecule has 2 aromatic heterocycles. The molecule has 7 nitrogen and oxygen atoms in total. The van der Waals surface area contributed by atoms with E-state index in [0.29, 0.717) is 32.4 Å². The predicted octanol–water partition coefficient (Wildman–Crippen LogP) is 5.31. The molecule has 1 N–H and O–H groups in total. The summed E-state index contributed by atoms with van der Waals surface area (Å²) in [6.07, 6.45) is -4.47. The molecular formula is C20H14F3N5O2S. The van der Waals surface area contributed by atoms with Gasteiger partial charge in [-0.15, -0.1) is 13.2 Å². The van der Waals surface area contributed by atoms with Crippen LogP contribution < -0.4 is 10.1 Å². The number of anilines is 2. The van der Waals surface area contributed by atoms with Crippen LogP contribution in [0, 0.1) is 11.3 Å². The molecule has 31 heavy (non-hydrogen) atoms. The summed E-state index contributed by atoms with van der Waals surface area (Å²) < 4.78 is 43.5. The van der Waals surface area contributed by atoms with Crippen molar-refractivity contribution in [2.45, 2.75) is 19.2 Å². The summed E-state index contributed by atoms with van der Waals surface area (Å²) in [4.78, 5) is 21.0. The maximum absolute atomic E-state index is 12.4. The number of thiazole rings is 1. The lowest BCUT2D eigenvalue weighted by molar-refractivity contribution is -0.274. The zero-order chi connectivity index (χ0) is 22.2. The number of hydrogen-bond donors (Lipinski definition) is 1. The van der Waals surface area contributed by atoms with Crippen LogP contribution in [-0.4, -0.2) is 26.7 Å². The Hall–Kier alpha value is -3.65. The molecule has 11 heteroatoms. The summed E-state index contributed by atoms with van der Waals surface area (Å²) in [7, 11) is 1.79. The Morgan fingerprint density at radius 3 is 2.77 bits per heavy atom. The van der Waals surface area contributed by atoms with Gasteiger partial charge >= 0.3 is 6.36 Å². The Kier molecular flexibility index (Phi) is 5.24. The zero-order valence-corrected chi connectivity index (χ0v) is 16.8. The van der Waals surface area contributed by atoms with Gasteiger partial charge in [0.05, 0.1) is 27.3 Å². The van der Waals surface area contributed by atoms with Gasteiger partial charge in [-0.2, -0.15) is 5.26 Å². The van der Waals surface area contributed by atoms with E-state index in [1.54, 1.807) is 29.8 Å². The SMILES string of the molecule is Cn1c(Nc2nc3ccc(OC(F)(F)F)cc3s2)nc2cc(C(=O)CCC#N)ccc21. The van der Waals surface area contributed by atoms with E-state index >= 15 is 0 Å². The van der Waals surface area contributed by atoms with Crippen molar-refractivity contribution in [3.05, 3.63) is 42.0 Å². The highest BCUT2D eigenvalue weighted by Crippen LogP contribution is 2.33. The van der Waals surface area contributed by atoms with Gasteiger partial charge in [0.25, 0.3) is 0 Å². The van der Waals surface area contributed by atoms with Crippen molar-refractivity contribution in [3.63, 3.8) is 0 Å². The highest BCUT2D eigenvalue weighted by molar-refractivity contribution is 7.22. The number of alkyl halides is 3. The average Bonchev–Trinajstić information content (AvgIpc) is 3.24. The first kappa shape index (κ1) is 20.6. The lowest BCUT2D eigenvalue weighted by Gasteiger charge is -2.07. The van der Waals surface area contributed by atoms with E-state index in [4.69, 9.17) is 5.26 Å². The number of carbonyl (C=O) groups excluding carboxylic acids is 1. The lowest BCUT2D eigenvalue weighted by Crippen LogP contribution is -2.16. The molecule has 0 saturated heterocycles. The van der Waals surface area contributed by atoms with Gasteiger partial charge in [-0.25, -0.2) is 9.97 Å². The number of carbonyl (C=O) groups is 1. The molecule has 0 amide bonds. The highest BCUT2D eigenvalue weighted by Gasteiger charge is 2.31. The van der Waals surface area contributed by atoms with Crippen molar-refractivity contribution in [3.8, 4) is 11.8 Å². The lowest BCUT2D eigenvalue weighted by atomic mass is 10.1. The highest BCUT2D eigenvalue weighted by atomic mass is 32.1. The van der Waals surface area contributed by atoms with Crippen LogP contribution in [0.15, 0.2) is 36.4 Å². The molecule has 0 radical (unpaired) electrons. The van der Waals surface area contributed by atoms with Crippen LogP contribution in [-0.2, 0) is 7.05 Å². The van der Waals surface area contributed by atoms with Crippen LogP contribution in [0.5, 0.6) is 5.75 Å². The Labute approximate surface area is 177 Å². The molecule has 2 aromatic carbocycles. The van der Waals surface area contributed by atoms with Crippen molar-refractivity contribution < 1.29 is 22.7 Å². The van der Waals surface area contributed by atoms with Crippen LogP contribution in [0.3, 0.4) is 0 Å². The van der Waals surface area contributed by atoms with Gasteiger partial charge < -0.3 is 14.6 Å². The number of aryl methyl sites for hydroxylation is 1. The molecule has 158 valence electrons. The maximum atomic E-state index is 12.4. The van der Waals surface area contributed by atoms with E-state index in [1.807, 2.05) is 6.07 Å². The number of Topliss-reactive ketones (excluding diaryl/α,β-unsaturated/α-hetero) is 1. The minimum Gasteiger partial charge on any atom is -0.406 e. The smallest absolute Gasteiger partial charge is 0.406 e. The van der Waals surface area contributed by atoms with Crippen molar-refractivity contribution in [2.24, 2.45) is 7.05 Å². The fraction of sp³-hybridized carbons (Fsp3) is 0.200. The van der Waals surface area contributed by atoms with Gasteiger partial charge in [-0.3, -0.25) is 4.79 Å². The number of nitrogens with zero attached hydrogens (tertiary/aromatic N) is 4. The Morgan fingerprint density at radius 1 is 1.23 bits per heavy atom. The Morgan fingerprint density at radius 2 is 2.03 bits per heavy atom. The summed E-state index contributed by atoms with van der Waals surface area (Å²) in [5.74, 6) is 0.0145. The number of ether oxygens (including phenoxy) is 1. The second-order valence-corrected chi connectivity index (χ2v) is 7.63. The molecule has 0 saturated carbocycles. The first-order valence-corrected chi connectivity index (χ1v) is 9.85. The van der Waals surface area contributed by atoms with E-state index < -0.39 is 6.36 Å². The van der Waals surface area contributed by atoms with Gasteiger partial charge in [0.1, 0.15) is 5.75 Å². The molecule has 0 aliphatic rings. The zero-order valence-electron chi connectivity index (χ0n) is 16.0. The summed E-state index contributed by atoms with van der Waals surface area (Å²) in [5, 5.41) is 12.2. The number of nitriles is 1. The van der Waals surface area contributed by atoms with Crippen LogP contribution in [0.2, 0.25) is 0 Å². The summed E-state index contributed by atoms with van der Waals surface area (Å²) in [5.41, 5.74) is 2.37. The van der Waals surface area contributed by atoms with E-state index in [2.05, 4.69) is 20.0 Å². The fourth-order valence-electron chi connectivity index (χ4n) is 3.05. The molecule has 0 aliphatic heterocycles. The fourth-order valence-corrected chi connectivity index (χ4v) is 3.94. The van der Waals surface area contributed by atoms with Crippen LogP contribution in [0.1, 0.15) is 23.2 Å². The maximum Gasteiger partial charge on any atom is 0.573 e.